The van der Waals surface area contributed by atoms with E-state index in [0.717, 1.165) is 41.4 Å². The van der Waals surface area contributed by atoms with Crippen molar-refractivity contribution < 1.29 is 5.11 Å². The molecule has 7 heteroatoms. The third-order valence-corrected chi connectivity index (χ3v) is 7.58. The molecule has 0 bridgehead atoms. The first kappa shape index (κ1) is 24.8. The van der Waals surface area contributed by atoms with E-state index in [2.05, 4.69) is 77.8 Å². The van der Waals surface area contributed by atoms with Gasteiger partial charge in [-0.15, -0.1) is 0 Å². The van der Waals surface area contributed by atoms with Crippen molar-refractivity contribution in [2.75, 3.05) is 22.9 Å². The molecule has 5 rings (SSSR count). The van der Waals surface area contributed by atoms with Crippen molar-refractivity contribution in [1.29, 1.82) is 0 Å². The summed E-state index contributed by atoms with van der Waals surface area (Å²) in [5.74, 6) is 0.194. The molecule has 6 nitrogen and oxygen atoms in total. The van der Waals surface area contributed by atoms with Gasteiger partial charge in [0, 0.05) is 42.0 Å². The topological polar surface area (TPSA) is 56.6 Å². The van der Waals surface area contributed by atoms with Crippen LogP contribution in [0.5, 0.6) is 5.75 Å². The molecule has 3 heterocycles. The lowest BCUT2D eigenvalue weighted by Gasteiger charge is -2.28. The first-order chi connectivity index (χ1) is 17.9. The Hall–Kier alpha value is -3.84. The van der Waals surface area contributed by atoms with Gasteiger partial charge in [-0.05, 0) is 100 Å². The highest BCUT2D eigenvalue weighted by molar-refractivity contribution is 7.80. The van der Waals surface area contributed by atoms with Gasteiger partial charge in [0.2, 0.25) is 0 Å². The summed E-state index contributed by atoms with van der Waals surface area (Å²) in [6.45, 7) is 10.6. The van der Waals surface area contributed by atoms with Gasteiger partial charge in [-0.2, -0.15) is 0 Å². The Morgan fingerprint density at radius 3 is 2.32 bits per heavy atom. The largest absolute Gasteiger partial charge is 0.506 e. The van der Waals surface area contributed by atoms with E-state index in [-0.39, 0.29) is 17.8 Å². The molecule has 37 heavy (non-hydrogen) atoms. The fraction of sp³-hybridized carbons (Fsp3) is 0.267. The van der Waals surface area contributed by atoms with Gasteiger partial charge in [0.1, 0.15) is 5.75 Å². The van der Waals surface area contributed by atoms with Gasteiger partial charge >= 0.3 is 0 Å². The van der Waals surface area contributed by atoms with Crippen LogP contribution >= 0.6 is 12.2 Å². The maximum absolute atomic E-state index is 10.8. The molecular formula is C30H33N5OS. The van der Waals surface area contributed by atoms with Gasteiger partial charge in [0.15, 0.2) is 5.11 Å². The van der Waals surface area contributed by atoms with E-state index in [0.29, 0.717) is 10.8 Å². The Morgan fingerprint density at radius 2 is 1.68 bits per heavy atom. The average Bonchev–Trinajstić information content (AvgIpc) is 3.41. The quantitative estimate of drug-likeness (QED) is 0.287. The third kappa shape index (κ3) is 4.44. The van der Waals surface area contributed by atoms with Crippen LogP contribution in [0.3, 0.4) is 0 Å². The van der Waals surface area contributed by atoms with Gasteiger partial charge in [0.25, 0.3) is 0 Å². The zero-order valence-corrected chi connectivity index (χ0v) is 22.5. The maximum Gasteiger partial charge on any atom is 0.174 e. The van der Waals surface area contributed by atoms with Crippen molar-refractivity contribution >= 4 is 28.7 Å². The number of benzene rings is 2. The molecule has 0 radical (unpaired) electrons. The van der Waals surface area contributed by atoms with Crippen LogP contribution in [-0.4, -0.2) is 32.9 Å². The number of aromatic nitrogens is 2. The smallest absolute Gasteiger partial charge is 0.174 e. The van der Waals surface area contributed by atoms with Crippen LogP contribution in [0.1, 0.15) is 48.6 Å². The molecule has 2 aromatic carbocycles. The Morgan fingerprint density at radius 1 is 0.973 bits per heavy atom. The van der Waals surface area contributed by atoms with Crippen molar-refractivity contribution in [1.82, 2.24) is 14.9 Å². The van der Waals surface area contributed by atoms with Crippen LogP contribution in [0.15, 0.2) is 79.0 Å². The third-order valence-electron chi connectivity index (χ3n) is 7.26. The zero-order chi connectivity index (χ0) is 26.1. The molecule has 0 amide bonds. The summed E-state index contributed by atoms with van der Waals surface area (Å²) < 4.78 is 2.29. The van der Waals surface area contributed by atoms with Crippen LogP contribution < -0.4 is 15.1 Å². The highest BCUT2D eigenvalue weighted by Crippen LogP contribution is 2.45. The molecule has 1 aliphatic heterocycles. The summed E-state index contributed by atoms with van der Waals surface area (Å²) in [5.41, 5.74) is 7.33. The fourth-order valence-corrected chi connectivity index (χ4v) is 5.82. The Kier molecular flexibility index (Phi) is 6.89. The number of anilines is 2. The minimum atomic E-state index is -0.189. The second-order valence-corrected chi connectivity index (χ2v) is 9.72. The first-order valence-corrected chi connectivity index (χ1v) is 13.2. The average molecular weight is 512 g/mol. The second kappa shape index (κ2) is 10.3. The Labute approximate surface area is 224 Å². The number of phenols is 1. The number of nitrogens with one attached hydrogen (secondary N) is 1. The number of thiocarbonyl (C=S) groups is 1. The molecule has 4 aromatic rings. The normalized spacial score (nSPS) is 17.2. The lowest BCUT2D eigenvalue weighted by atomic mass is 9.96. The summed E-state index contributed by atoms with van der Waals surface area (Å²) in [6.07, 6.45) is 1.81. The van der Waals surface area contributed by atoms with E-state index < -0.39 is 0 Å². The van der Waals surface area contributed by atoms with Crippen molar-refractivity contribution in [2.45, 2.75) is 39.8 Å². The Balaban J connectivity index is 1.62. The lowest BCUT2D eigenvalue weighted by Crippen LogP contribution is -2.29. The number of nitrogens with zero attached hydrogens (tertiary/aromatic N) is 4. The highest BCUT2D eigenvalue weighted by atomic mass is 32.1. The van der Waals surface area contributed by atoms with Gasteiger partial charge in [-0.25, -0.2) is 0 Å². The van der Waals surface area contributed by atoms with Crippen LogP contribution in [0.2, 0.25) is 0 Å². The molecule has 2 aromatic heterocycles. The van der Waals surface area contributed by atoms with Gasteiger partial charge in [-0.1, -0.05) is 18.2 Å². The molecule has 1 aliphatic rings. The molecule has 1 saturated heterocycles. The summed E-state index contributed by atoms with van der Waals surface area (Å²) in [4.78, 5) is 9.03. The summed E-state index contributed by atoms with van der Waals surface area (Å²) in [5, 5.41) is 14.8. The number of para-hydroxylation sites is 2. The molecule has 2 N–H and O–H groups in total. The van der Waals surface area contributed by atoms with Crippen LogP contribution in [0.25, 0.3) is 5.69 Å². The van der Waals surface area contributed by atoms with Crippen LogP contribution in [-0.2, 0) is 0 Å². The monoisotopic (exact) mass is 511 g/mol. The molecule has 0 spiro atoms. The predicted octanol–water partition coefficient (Wildman–Crippen LogP) is 6.22. The summed E-state index contributed by atoms with van der Waals surface area (Å²) >= 11 is 5.84. The van der Waals surface area contributed by atoms with Crippen LogP contribution in [0.4, 0.5) is 11.4 Å². The maximum atomic E-state index is 10.8. The number of phenolic OH excluding ortho intramolecular Hbond substituents is 1. The van der Waals surface area contributed by atoms with Gasteiger partial charge in [0.05, 0.1) is 23.5 Å². The number of rotatable bonds is 7. The molecule has 2 atom stereocenters. The van der Waals surface area contributed by atoms with Gasteiger partial charge in [-0.3, -0.25) is 4.98 Å². The van der Waals surface area contributed by atoms with E-state index in [1.165, 1.54) is 5.69 Å². The minimum absolute atomic E-state index is 0.174. The molecule has 0 unspecified atom stereocenters. The number of aromatic hydroxyl groups is 1. The standard InChI is InChI=1S/C30H33N5OS/c1-5-33(6-2)22-14-16-23(17-15-22)34-20(3)19-24(21(34)4)29-28(25-11-9-10-18-31-25)32-30(37)35(29)26-12-7-8-13-27(26)36/h7-19,28-29,36H,5-6H2,1-4H3,(H,32,37)/t28-,29-/m0/s1. The number of aryl methyl sites for hydroxylation is 1. The molecular weight excluding hydrogens is 478 g/mol. The van der Waals surface area contributed by atoms with Crippen molar-refractivity contribution in [3.8, 4) is 11.4 Å². The SMILES string of the molecule is CCN(CC)c1ccc(-n2c(C)cc([C@H]3[C@H](c4ccccn4)NC(=S)N3c3ccccc3O)c2C)cc1. The Bertz CT molecular complexity index is 1400. The highest BCUT2D eigenvalue weighted by Gasteiger charge is 2.43. The lowest BCUT2D eigenvalue weighted by molar-refractivity contribution is 0.472. The summed E-state index contributed by atoms with van der Waals surface area (Å²) in [6, 6.07) is 23.9. The van der Waals surface area contributed by atoms with Crippen molar-refractivity contribution in [3.63, 3.8) is 0 Å². The van der Waals surface area contributed by atoms with Crippen molar-refractivity contribution in [3.05, 3.63) is 102 Å². The summed E-state index contributed by atoms with van der Waals surface area (Å²) in [7, 11) is 0. The molecule has 0 aliphatic carbocycles. The van der Waals surface area contributed by atoms with Gasteiger partial charge < -0.3 is 24.8 Å². The molecule has 1 fully saturated rings. The van der Waals surface area contributed by atoms with E-state index in [4.69, 9.17) is 12.2 Å². The van der Waals surface area contributed by atoms with E-state index in [9.17, 15) is 5.11 Å². The van der Waals surface area contributed by atoms with E-state index >= 15 is 0 Å². The zero-order valence-electron chi connectivity index (χ0n) is 21.7. The molecule has 190 valence electrons. The number of pyridine rings is 1. The second-order valence-electron chi connectivity index (χ2n) is 9.34. The number of hydrogen-bond donors (Lipinski definition) is 2. The predicted molar refractivity (Wildman–Crippen MR) is 155 cm³/mol. The minimum Gasteiger partial charge on any atom is -0.506 e. The molecule has 0 saturated carbocycles. The van der Waals surface area contributed by atoms with Crippen molar-refractivity contribution in [2.24, 2.45) is 0 Å². The fourth-order valence-electron chi connectivity index (χ4n) is 5.48. The van der Waals surface area contributed by atoms with E-state index in [1.807, 2.05) is 41.3 Å². The van der Waals surface area contributed by atoms with Crippen LogP contribution in [0, 0.1) is 13.8 Å². The first-order valence-electron chi connectivity index (χ1n) is 12.8. The number of hydrogen-bond acceptors (Lipinski definition) is 4. The van der Waals surface area contributed by atoms with E-state index in [1.54, 1.807) is 12.3 Å².